The van der Waals surface area contributed by atoms with Gasteiger partial charge < -0.3 is 25.0 Å². The molecule has 1 aliphatic heterocycles. The number of hydrogen-bond donors (Lipinski definition) is 2. The lowest BCUT2D eigenvalue weighted by molar-refractivity contribution is 0.122. The topological polar surface area (TPSA) is 128 Å². The van der Waals surface area contributed by atoms with Crippen LogP contribution in [0.15, 0.2) is 12.4 Å². The Morgan fingerprint density at radius 1 is 1.14 bits per heavy atom. The van der Waals surface area contributed by atoms with E-state index in [2.05, 4.69) is 33.3 Å². The lowest BCUT2D eigenvalue weighted by Crippen LogP contribution is -2.37. The molecule has 0 unspecified atom stereocenters. The maximum absolute atomic E-state index is 9.37. The van der Waals surface area contributed by atoms with E-state index in [9.17, 15) is 5.11 Å². The SMILES string of the molecule is CC(C)c1nc2c(N3CCOCC3)nc(-c3cnc(N)nc3)nc2n1CCCO. The van der Waals surface area contributed by atoms with Gasteiger partial charge in [0.15, 0.2) is 22.8 Å². The molecule has 0 aliphatic carbocycles. The quantitative estimate of drug-likeness (QED) is 0.629. The number of nitrogens with zero attached hydrogens (tertiary/aromatic N) is 7. The number of morpholine rings is 1. The van der Waals surface area contributed by atoms with Crippen LogP contribution in [0.25, 0.3) is 22.6 Å². The third-order valence-electron chi connectivity index (χ3n) is 4.90. The first kappa shape index (κ1) is 19.5. The van der Waals surface area contributed by atoms with Gasteiger partial charge in [-0.15, -0.1) is 0 Å². The minimum absolute atomic E-state index is 0.108. The molecule has 3 aromatic rings. The van der Waals surface area contributed by atoms with Gasteiger partial charge in [0.25, 0.3) is 0 Å². The van der Waals surface area contributed by atoms with Crippen molar-refractivity contribution in [3.63, 3.8) is 0 Å². The molecular formula is C19H26N8O2. The zero-order valence-electron chi connectivity index (χ0n) is 16.7. The molecule has 0 aromatic carbocycles. The molecule has 154 valence electrons. The molecule has 3 aromatic heterocycles. The normalized spacial score (nSPS) is 14.8. The number of fused-ring (bicyclic) bond motifs is 1. The zero-order chi connectivity index (χ0) is 20.4. The average Bonchev–Trinajstić information content (AvgIpc) is 3.11. The molecule has 0 atom stereocenters. The van der Waals surface area contributed by atoms with E-state index in [0.29, 0.717) is 37.6 Å². The Kier molecular flexibility index (Phi) is 5.54. The van der Waals surface area contributed by atoms with Crippen molar-refractivity contribution < 1.29 is 9.84 Å². The number of ether oxygens (including phenoxy) is 1. The van der Waals surface area contributed by atoms with Crippen molar-refractivity contribution in [1.82, 2.24) is 29.5 Å². The molecule has 0 saturated carbocycles. The van der Waals surface area contributed by atoms with Crippen molar-refractivity contribution >= 4 is 22.9 Å². The van der Waals surface area contributed by atoms with E-state index in [-0.39, 0.29) is 18.5 Å². The summed E-state index contributed by atoms with van der Waals surface area (Å²) < 4.78 is 7.60. The summed E-state index contributed by atoms with van der Waals surface area (Å²) in [5.74, 6) is 2.67. The minimum Gasteiger partial charge on any atom is -0.396 e. The Morgan fingerprint density at radius 3 is 2.52 bits per heavy atom. The fourth-order valence-electron chi connectivity index (χ4n) is 3.47. The summed E-state index contributed by atoms with van der Waals surface area (Å²) in [4.78, 5) is 24.9. The molecule has 29 heavy (non-hydrogen) atoms. The Bertz CT molecular complexity index is 980. The number of anilines is 2. The lowest BCUT2D eigenvalue weighted by atomic mass is 10.2. The van der Waals surface area contributed by atoms with E-state index in [0.717, 1.165) is 35.9 Å². The monoisotopic (exact) mass is 398 g/mol. The number of nitrogen functional groups attached to an aromatic ring is 1. The molecule has 4 heterocycles. The van der Waals surface area contributed by atoms with E-state index in [1.165, 1.54) is 0 Å². The molecule has 10 nitrogen and oxygen atoms in total. The number of aryl methyl sites for hydroxylation is 1. The Hall–Kier alpha value is -2.85. The fourth-order valence-corrected chi connectivity index (χ4v) is 3.47. The first-order valence-electron chi connectivity index (χ1n) is 9.88. The van der Waals surface area contributed by atoms with Crippen LogP contribution in [-0.2, 0) is 11.3 Å². The first-order valence-corrected chi connectivity index (χ1v) is 9.88. The van der Waals surface area contributed by atoms with Crippen LogP contribution in [0.1, 0.15) is 32.0 Å². The van der Waals surface area contributed by atoms with Crippen molar-refractivity contribution in [3.05, 3.63) is 18.2 Å². The summed E-state index contributed by atoms with van der Waals surface area (Å²) in [6.07, 6.45) is 3.89. The molecule has 0 bridgehead atoms. The van der Waals surface area contributed by atoms with Crippen LogP contribution in [0.2, 0.25) is 0 Å². The summed E-state index contributed by atoms with van der Waals surface area (Å²) in [5, 5.41) is 9.37. The Labute approximate surface area is 168 Å². The summed E-state index contributed by atoms with van der Waals surface area (Å²) in [5.41, 5.74) is 7.85. The fraction of sp³-hybridized carbons (Fsp3) is 0.526. The minimum atomic E-state index is 0.108. The molecule has 4 rings (SSSR count). The second-order valence-corrected chi connectivity index (χ2v) is 7.33. The van der Waals surface area contributed by atoms with Gasteiger partial charge in [0.05, 0.1) is 18.8 Å². The summed E-state index contributed by atoms with van der Waals surface area (Å²) in [7, 11) is 0. The van der Waals surface area contributed by atoms with Crippen molar-refractivity contribution in [3.8, 4) is 11.4 Å². The van der Waals surface area contributed by atoms with Gasteiger partial charge in [-0.1, -0.05) is 13.8 Å². The van der Waals surface area contributed by atoms with E-state index in [4.69, 9.17) is 25.4 Å². The number of imidazole rings is 1. The van der Waals surface area contributed by atoms with Gasteiger partial charge in [-0.3, -0.25) is 0 Å². The molecule has 1 saturated heterocycles. The van der Waals surface area contributed by atoms with Crippen molar-refractivity contribution in [2.24, 2.45) is 0 Å². The van der Waals surface area contributed by atoms with Gasteiger partial charge in [0.1, 0.15) is 5.82 Å². The van der Waals surface area contributed by atoms with Gasteiger partial charge in [-0.2, -0.15) is 0 Å². The van der Waals surface area contributed by atoms with E-state index >= 15 is 0 Å². The van der Waals surface area contributed by atoms with Gasteiger partial charge >= 0.3 is 0 Å². The summed E-state index contributed by atoms with van der Waals surface area (Å²) >= 11 is 0. The average molecular weight is 398 g/mol. The van der Waals surface area contributed by atoms with Crippen molar-refractivity contribution in [1.29, 1.82) is 0 Å². The maximum Gasteiger partial charge on any atom is 0.219 e. The molecule has 3 N–H and O–H groups in total. The van der Waals surface area contributed by atoms with Crippen LogP contribution < -0.4 is 10.6 Å². The van der Waals surface area contributed by atoms with Gasteiger partial charge in [0, 0.05) is 44.6 Å². The standard InChI is InChI=1S/C19H26N8O2/c1-12(2)16-23-14-17(26-5-8-29-9-6-26)24-15(13-10-21-19(20)22-11-13)25-18(14)27(16)4-3-7-28/h10-12,28H,3-9H2,1-2H3,(H2,20,21,22). The first-order chi connectivity index (χ1) is 14.1. The van der Waals surface area contributed by atoms with Gasteiger partial charge in [0.2, 0.25) is 5.95 Å². The molecule has 0 radical (unpaired) electrons. The van der Waals surface area contributed by atoms with Gasteiger partial charge in [-0.05, 0) is 6.42 Å². The number of hydrogen-bond acceptors (Lipinski definition) is 9. The predicted molar refractivity (Wildman–Crippen MR) is 110 cm³/mol. The second kappa shape index (κ2) is 8.26. The zero-order valence-corrected chi connectivity index (χ0v) is 16.7. The van der Waals surface area contributed by atoms with E-state index < -0.39 is 0 Å². The molecule has 1 aliphatic rings. The smallest absolute Gasteiger partial charge is 0.219 e. The van der Waals surface area contributed by atoms with E-state index in [1.807, 2.05) is 0 Å². The highest BCUT2D eigenvalue weighted by atomic mass is 16.5. The lowest BCUT2D eigenvalue weighted by Gasteiger charge is -2.28. The highest BCUT2D eigenvalue weighted by Crippen LogP contribution is 2.30. The Morgan fingerprint density at radius 2 is 1.86 bits per heavy atom. The number of aliphatic hydroxyl groups excluding tert-OH is 1. The third-order valence-corrected chi connectivity index (χ3v) is 4.90. The molecular weight excluding hydrogens is 372 g/mol. The van der Waals surface area contributed by atoms with Crippen molar-refractivity contribution in [2.75, 3.05) is 43.5 Å². The second-order valence-electron chi connectivity index (χ2n) is 7.33. The summed E-state index contributed by atoms with van der Waals surface area (Å²) in [6, 6.07) is 0. The van der Waals surface area contributed by atoms with E-state index in [1.54, 1.807) is 12.4 Å². The molecule has 10 heteroatoms. The molecule has 1 fully saturated rings. The van der Waals surface area contributed by atoms with Crippen LogP contribution in [0.4, 0.5) is 11.8 Å². The number of rotatable bonds is 6. The van der Waals surface area contributed by atoms with Crippen LogP contribution in [0.3, 0.4) is 0 Å². The van der Waals surface area contributed by atoms with Crippen molar-refractivity contribution in [2.45, 2.75) is 32.7 Å². The van der Waals surface area contributed by atoms with Crippen LogP contribution in [0, 0.1) is 0 Å². The molecule has 0 amide bonds. The number of aliphatic hydroxyl groups is 1. The Balaban J connectivity index is 1.93. The highest BCUT2D eigenvalue weighted by Gasteiger charge is 2.24. The molecule has 0 spiro atoms. The summed E-state index contributed by atoms with van der Waals surface area (Å²) in [6.45, 7) is 7.73. The largest absolute Gasteiger partial charge is 0.396 e. The van der Waals surface area contributed by atoms with Crippen LogP contribution in [0.5, 0.6) is 0 Å². The number of nitrogens with two attached hydrogens (primary N) is 1. The van der Waals surface area contributed by atoms with Crippen LogP contribution in [-0.4, -0.2) is 67.5 Å². The van der Waals surface area contributed by atoms with Crippen LogP contribution >= 0.6 is 0 Å². The highest BCUT2D eigenvalue weighted by molar-refractivity contribution is 5.86. The predicted octanol–water partition coefficient (Wildman–Crippen LogP) is 1.21. The number of aromatic nitrogens is 6. The van der Waals surface area contributed by atoms with Gasteiger partial charge in [-0.25, -0.2) is 24.9 Å². The maximum atomic E-state index is 9.37. The third kappa shape index (κ3) is 3.85.